The van der Waals surface area contributed by atoms with Crippen molar-refractivity contribution in [1.82, 2.24) is 5.43 Å². The number of rotatable bonds is 4. The molecule has 0 aromatic heterocycles. The smallest absolute Gasteiger partial charge is 0.0710 e. The zero-order chi connectivity index (χ0) is 13.9. The summed E-state index contributed by atoms with van der Waals surface area (Å²) in [6, 6.07) is 17.2. The molecular weight excluding hydrogens is 312 g/mol. The Bertz CT molecular complexity index is 576. The molecule has 1 atom stereocenters. The molecule has 0 spiro atoms. The van der Waals surface area contributed by atoms with Gasteiger partial charge in [0.2, 0.25) is 0 Å². The Morgan fingerprint density at radius 2 is 1.80 bits per heavy atom. The third-order valence-electron chi connectivity index (χ3n) is 4.20. The van der Waals surface area contributed by atoms with Gasteiger partial charge in [0.1, 0.15) is 0 Å². The lowest BCUT2D eigenvalue weighted by Gasteiger charge is -2.26. The first-order chi connectivity index (χ1) is 9.78. The maximum Gasteiger partial charge on any atom is 0.0710 e. The van der Waals surface area contributed by atoms with Crippen molar-refractivity contribution in [1.29, 1.82) is 0 Å². The van der Waals surface area contributed by atoms with Gasteiger partial charge in [0, 0.05) is 4.47 Å². The Labute approximate surface area is 128 Å². The molecule has 0 aliphatic heterocycles. The largest absolute Gasteiger partial charge is 0.271 e. The van der Waals surface area contributed by atoms with E-state index in [1.54, 1.807) is 0 Å². The fraction of sp³-hybridized carbons (Fsp3) is 0.294. The van der Waals surface area contributed by atoms with Crippen LogP contribution in [0.1, 0.15) is 47.9 Å². The van der Waals surface area contributed by atoms with Gasteiger partial charge < -0.3 is 0 Å². The molecule has 20 heavy (non-hydrogen) atoms. The summed E-state index contributed by atoms with van der Waals surface area (Å²) in [5.41, 5.74) is 6.75. The molecular formula is C17H19BrN2. The molecule has 1 saturated carbocycles. The second kappa shape index (κ2) is 6.08. The van der Waals surface area contributed by atoms with Crippen LogP contribution in [0.5, 0.6) is 0 Å². The second-order valence-electron chi connectivity index (χ2n) is 5.45. The second-order valence-corrected chi connectivity index (χ2v) is 6.36. The predicted octanol–water partition coefficient (Wildman–Crippen LogP) is 4.27. The minimum absolute atomic E-state index is 0.0305. The lowest BCUT2D eigenvalue weighted by molar-refractivity contribution is 0.419. The van der Waals surface area contributed by atoms with Gasteiger partial charge in [-0.25, -0.2) is 5.43 Å². The quantitative estimate of drug-likeness (QED) is 0.649. The van der Waals surface area contributed by atoms with E-state index < -0.39 is 0 Å². The average molecular weight is 331 g/mol. The molecule has 1 fully saturated rings. The van der Waals surface area contributed by atoms with Crippen molar-refractivity contribution in [2.24, 2.45) is 5.84 Å². The van der Waals surface area contributed by atoms with E-state index in [4.69, 9.17) is 5.84 Å². The molecule has 0 saturated heterocycles. The first-order valence-corrected chi connectivity index (χ1v) is 7.88. The van der Waals surface area contributed by atoms with Crippen molar-refractivity contribution in [2.75, 3.05) is 0 Å². The Kier molecular flexibility index (Phi) is 4.20. The molecule has 2 aromatic rings. The maximum absolute atomic E-state index is 5.76. The molecule has 0 heterocycles. The molecule has 2 nitrogen and oxygen atoms in total. The first kappa shape index (κ1) is 13.8. The lowest BCUT2D eigenvalue weighted by Crippen LogP contribution is -2.28. The van der Waals surface area contributed by atoms with Crippen molar-refractivity contribution >= 4 is 15.9 Å². The molecule has 104 valence electrons. The van der Waals surface area contributed by atoms with E-state index in [2.05, 4.69) is 57.8 Å². The van der Waals surface area contributed by atoms with Crippen molar-refractivity contribution in [3.8, 4) is 0 Å². The highest BCUT2D eigenvalue weighted by atomic mass is 79.9. The lowest BCUT2D eigenvalue weighted by atomic mass is 9.79. The summed E-state index contributed by atoms with van der Waals surface area (Å²) >= 11 is 3.51. The van der Waals surface area contributed by atoms with Crippen LogP contribution in [0.3, 0.4) is 0 Å². The fourth-order valence-corrected chi connectivity index (χ4v) is 3.19. The van der Waals surface area contributed by atoms with Crippen LogP contribution in [0.2, 0.25) is 0 Å². The molecule has 3 rings (SSSR count). The van der Waals surface area contributed by atoms with Gasteiger partial charge in [-0.3, -0.25) is 5.84 Å². The number of nitrogens with one attached hydrogen (secondary N) is 1. The summed E-state index contributed by atoms with van der Waals surface area (Å²) in [6.07, 6.45) is 4.05. The van der Waals surface area contributed by atoms with E-state index >= 15 is 0 Å². The van der Waals surface area contributed by atoms with E-state index in [1.165, 1.54) is 36.0 Å². The van der Waals surface area contributed by atoms with E-state index in [0.29, 0.717) is 0 Å². The number of hydrogen-bond acceptors (Lipinski definition) is 2. The van der Waals surface area contributed by atoms with E-state index in [9.17, 15) is 0 Å². The van der Waals surface area contributed by atoms with Crippen LogP contribution < -0.4 is 11.3 Å². The minimum Gasteiger partial charge on any atom is -0.271 e. The Hall–Kier alpha value is -1.16. The molecule has 0 radical (unpaired) electrons. The van der Waals surface area contributed by atoms with Gasteiger partial charge in [-0.1, -0.05) is 58.7 Å². The van der Waals surface area contributed by atoms with E-state index in [0.717, 1.165) is 10.4 Å². The minimum atomic E-state index is 0.0305. The zero-order valence-corrected chi connectivity index (χ0v) is 12.9. The summed E-state index contributed by atoms with van der Waals surface area (Å²) in [4.78, 5) is 0. The maximum atomic E-state index is 5.76. The molecule has 3 heteroatoms. The molecule has 1 aliphatic carbocycles. The highest BCUT2D eigenvalue weighted by molar-refractivity contribution is 9.10. The summed E-state index contributed by atoms with van der Waals surface area (Å²) in [5.74, 6) is 6.53. The van der Waals surface area contributed by atoms with Gasteiger partial charge in [0.25, 0.3) is 0 Å². The summed E-state index contributed by atoms with van der Waals surface area (Å²) in [7, 11) is 0. The van der Waals surface area contributed by atoms with Gasteiger partial charge in [-0.05, 0) is 47.6 Å². The first-order valence-electron chi connectivity index (χ1n) is 7.09. The molecule has 0 bridgehead atoms. The number of hydrazine groups is 1. The highest BCUT2D eigenvalue weighted by Crippen LogP contribution is 2.36. The Morgan fingerprint density at radius 3 is 2.35 bits per heavy atom. The highest BCUT2D eigenvalue weighted by Gasteiger charge is 2.20. The zero-order valence-electron chi connectivity index (χ0n) is 11.4. The number of hydrogen-bond donors (Lipinski definition) is 2. The van der Waals surface area contributed by atoms with Gasteiger partial charge in [-0.15, -0.1) is 0 Å². The predicted molar refractivity (Wildman–Crippen MR) is 86.3 cm³/mol. The summed E-state index contributed by atoms with van der Waals surface area (Å²) in [5, 5.41) is 0. The third kappa shape index (κ3) is 2.80. The van der Waals surface area contributed by atoms with Crippen LogP contribution >= 0.6 is 15.9 Å². The molecule has 2 aromatic carbocycles. The number of benzene rings is 2. The molecule has 3 N–H and O–H groups in total. The topological polar surface area (TPSA) is 38.0 Å². The molecule has 1 aliphatic rings. The van der Waals surface area contributed by atoms with Crippen molar-refractivity contribution in [3.63, 3.8) is 0 Å². The van der Waals surface area contributed by atoms with Crippen LogP contribution in [-0.2, 0) is 0 Å². The van der Waals surface area contributed by atoms with Crippen molar-refractivity contribution in [3.05, 3.63) is 69.7 Å². The standard InChI is InChI=1S/C17H19BrN2/c18-16-6-2-5-15(11-16)17(20-19)14-9-7-13(8-10-14)12-3-1-4-12/h2,5-12,17,20H,1,3-4,19H2. The summed E-state index contributed by atoms with van der Waals surface area (Å²) < 4.78 is 1.07. The van der Waals surface area contributed by atoms with E-state index in [1.807, 2.05) is 12.1 Å². The van der Waals surface area contributed by atoms with Gasteiger partial charge in [-0.2, -0.15) is 0 Å². The van der Waals surface area contributed by atoms with E-state index in [-0.39, 0.29) is 6.04 Å². The van der Waals surface area contributed by atoms with Crippen LogP contribution in [0.15, 0.2) is 53.0 Å². The third-order valence-corrected chi connectivity index (χ3v) is 4.69. The Balaban J connectivity index is 1.85. The van der Waals surface area contributed by atoms with Crippen molar-refractivity contribution < 1.29 is 0 Å². The van der Waals surface area contributed by atoms with Gasteiger partial charge in [0.05, 0.1) is 6.04 Å². The number of nitrogens with two attached hydrogens (primary N) is 1. The van der Waals surface area contributed by atoms with Crippen LogP contribution in [0.25, 0.3) is 0 Å². The molecule has 1 unspecified atom stereocenters. The SMILES string of the molecule is NNC(c1ccc(C2CCC2)cc1)c1cccc(Br)c1. The molecule has 0 amide bonds. The van der Waals surface area contributed by atoms with Crippen LogP contribution in [-0.4, -0.2) is 0 Å². The fourth-order valence-electron chi connectivity index (χ4n) is 2.77. The Morgan fingerprint density at radius 1 is 1.05 bits per heavy atom. The number of halogens is 1. The normalized spacial score (nSPS) is 16.7. The van der Waals surface area contributed by atoms with Crippen LogP contribution in [0.4, 0.5) is 0 Å². The van der Waals surface area contributed by atoms with Gasteiger partial charge in [0.15, 0.2) is 0 Å². The average Bonchev–Trinajstić information content (AvgIpc) is 2.40. The van der Waals surface area contributed by atoms with Gasteiger partial charge >= 0.3 is 0 Å². The summed E-state index contributed by atoms with van der Waals surface area (Å²) in [6.45, 7) is 0. The van der Waals surface area contributed by atoms with Crippen LogP contribution in [0, 0.1) is 0 Å². The van der Waals surface area contributed by atoms with Crippen molar-refractivity contribution in [2.45, 2.75) is 31.2 Å². The monoisotopic (exact) mass is 330 g/mol.